The third kappa shape index (κ3) is 3.32. The molecule has 1 amide bonds. The van der Waals surface area contributed by atoms with Crippen molar-refractivity contribution in [2.45, 2.75) is 20.8 Å². The number of carbonyl (C=O) groups is 1. The first-order valence-electron chi connectivity index (χ1n) is 7.53. The smallest absolute Gasteiger partial charge is 0.270 e. The van der Waals surface area contributed by atoms with E-state index in [1.54, 1.807) is 6.08 Å². The molecule has 0 radical (unpaired) electrons. The molecular formula is C17H17Cl2N3O2. The lowest BCUT2D eigenvalue weighted by Gasteiger charge is -2.01. The Hall–Kier alpha value is -1.85. The van der Waals surface area contributed by atoms with Crippen LogP contribution in [0, 0.1) is 24.2 Å². The highest BCUT2D eigenvalue weighted by molar-refractivity contribution is 6.55. The van der Waals surface area contributed by atoms with Crippen LogP contribution in [0.15, 0.2) is 39.4 Å². The minimum absolute atomic E-state index is 0.00836. The van der Waals surface area contributed by atoms with Gasteiger partial charge in [0.15, 0.2) is 0 Å². The molecule has 2 unspecified atom stereocenters. The standard InChI is InChI=1S/C17H17Cl2N3O2/c1-9-4-6-10(7-5-9)15-21-16(22-24-15)20-14(23)13-11(8-12(18)19)17(13,2)3/h4-8,11,13H,1-3H3,(H,20,22,23). The molecule has 2 atom stereocenters. The second kappa shape index (κ2) is 6.22. The molecule has 0 bridgehead atoms. The van der Waals surface area contributed by atoms with Gasteiger partial charge in [-0.25, -0.2) is 0 Å². The number of halogens is 2. The molecule has 0 aliphatic heterocycles. The van der Waals surface area contributed by atoms with Crippen molar-refractivity contribution in [2.24, 2.45) is 17.3 Å². The number of aryl methyl sites for hydroxylation is 1. The second-order valence-corrected chi connectivity index (χ2v) is 7.57. The molecule has 5 nitrogen and oxygen atoms in total. The minimum Gasteiger partial charge on any atom is -0.332 e. The van der Waals surface area contributed by atoms with Crippen molar-refractivity contribution in [2.75, 3.05) is 5.32 Å². The number of hydrogen-bond acceptors (Lipinski definition) is 4. The largest absolute Gasteiger partial charge is 0.332 e. The van der Waals surface area contributed by atoms with E-state index in [-0.39, 0.29) is 33.6 Å². The van der Waals surface area contributed by atoms with Gasteiger partial charge in [-0.2, -0.15) is 4.98 Å². The van der Waals surface area contributed by atoms with Crippen molar-refractivity contribution in [3.8, 4) is 11.5 Å². The van der Waals surface area contributed by atoms with E-state index in [9.17, 15) is 4.79 Å². The normalized spacial score (nSPS) is 21.2. The van der Waals surface area contributed by atoms with Crippen LogP contribution in [0.4, 0.5) is 5.95 Å². The molecule has 1 saturated carbocycles. The second-order valence-electron chi connectivity index (χ2n) is 6.56. The summed E-state index contributed by atoms with van der Waals surface area (Å²) in [5.41, 5.74) is 1.73. The fraction of sp³-hybridized carbons (Fsp3) is 0.353. The van der Waals surface area contributed by atoms with E-state index in [0.717, 1.165) is 11.1 Å². The summed E-state index contributed by atoms with van der Waals surface area (Å²) >= 11 is 11.4. The van der Waals surface area contributed by atoms with E-state index in [1.807, 2.05) is 45.0 Å². The minimum atomic E-state index is -0.230. The van der Waals surface area contributed by atoms with Crippen molar-refractivity contribution < 1.29 is 9.32 Å². The van der Waals surface area contributed by atoms with Crippen LogP contribution in [0.2, 0.25) is 0 Å². The van der Waals surface area contributed by atoms with E-state index in [4.69, 9.17) is 27.7 Å². The van der Waals surface area contributed by atoms with Gasteiger partial charge in [-0.3, -0.25) is 10.1 Å². The van der Waals surface area contributed by atoms with E-state index >= 15 is 0 Å². The molecule has 1 aliphatic rings. The van der Waals surface area contributed by atoms with E-state index in [1.165, 1.54) is 0 Å². The molecule has 0 saturated heterocycles. The molecule has 7 heteroatoms. The zero-order valence-electron chi connectivity index (χ0n) is 13.5. The molecule has 1 heterocycles. The summed E-state index contributed by atoms with van der Waals surface area (Å²) in [6.07, 6.45) is 1.70. The Kier molecular flexibility index (Phi) is 4.40. The van der Waals surface area contributed by atoms with E-state index in [2.05, 4.69) is 15.5 Å². The fourth-order valence-corrected chi connectivity index (χ4v) is 3.17. The van der Waals surface area contributed by atoms with E-state index < -0.39 is 0 Å². The number of carbonyl (C=O) groups excluding carboxylic acids is 1. The molecular weight excluding hydrogens is 349 g/mol. The third-order valence-electron chi connectivity index (χ3n) is 4.46. The molecule has 0 spiro atoms. The number of amides is 1. The van der Waals surface area contributed by atoms with Gasteiger partial charge >= 0.3 is 0 Å². The number of nitrogens with one attached hydrogen (secondary N) is 1. The predicted molar refractivity (Wildman–Crippen MR) is 93.7 cm³/mol. The predicted octanol–water partition coefficient (Wildman–Crippen LogP) is 4.57. The topological polar surface area (TPSA) is 68.0 Å². The first-order valence-corrected chi connectivity index (χ1v) is 8.29. The molecule has 1 aromatic heterocycles. The van der Waals surface area contributed by atoms with Gasteiger partial charge in [0, 0.05) is 5.56 Å². The maximum absolute atomic E-state index is 12.4. The molecule has 1 aliphatic carbocycles. The van der Waals surface area contributed by atoms with Crippen molar-refractivity contribution in [1.82, 2.24) is 10.1 Å². The van der Waals surface area contributed by atoms with Gasteiger partial charge in [0.2, 0.25) is 5.91 Å². The molecule has 1 fully saturated rings. The summed E-state index contributed by atoms with van der Waals surface area (Å²) in [7, 11) is 0. The number of benzene rings is 1. The Labute approximate surface area is 150 Å². The molecule has 126 valence electrons. The summed E-state index contributed by atoms with van der Waals surface area (Å²) in [5, 5.41) is 6.51. The van der Waals surface area contributed by atoms with Crippen LogP contribution in [-0.2, 0) is 4.79 Å². The van der Waals surface area contributed by atoms with Crippen molar-refractivity contribution in [3.63, 3.8) is 0 Å². The van der Waals surface area contributed by atoms with Crippen molar-refractivity contribution >= 4 is 35.1 Å². The van der Waals surface area contributed by atoms with Gasteiger partial charge in [0.1, 0.15) is 4.49 Å². The fourth-order valence-electron chi connectivity index (χ4n) is 2.90. The van der Waals surface area contributed by atoms with Gasteiger partial charge < -0.3 is 4.52 Å². The van der Waals surface area contributed by atoms with Gasteiger partial charge in [0.05, 0.1) is 5.92 Å². The number of allylic oxidation sites excluding steroid dienone is 1. The highest BCUT2D eigenvalue weighted by Crippen LogP contribution is 2.59. The Morgan fingerprint density at radius 2 is 1.96 bits per heavy atom. The Balaban J connectivity index is 1.70. The number of hydrogen-bond donors (Lipinski definition) is 1. The highest BCUT2D eigenvalue weighted by Gasteiger charge is 2.60. The summed E-state index contributed by atoms with van der Waals surface area (Å²) in [4.78, 5) is 16.6. The van der Waals surface area contributed by atoms with Crippen LogP contribution >= 0.6 is 23.2 Å². The molecule has 3 rings (SSSR count). The maximum Gasteiger partial charge on any atom is 0.270 e. The highest BCUT2D eigenvalue weighted by atomic mass is 35.5. The lowest BCUT2D eigenvalue weighted by atomic mass is 10.1. The lowest BCUT2D eigenvalue weighted by molar-refractivity contribution is -0.118. The van der Waals surface area contributed by atoms with Crippen LogP contribution in [0.1, 0.15) is 19.4 Å². The number of anilines is 1. The van der Waals surface area contributed by atoms with Gasteiger partial charge in [0.25, 0.3) is 11.8 Å². The van der Waals surface area contributed by atoms with Crippen molar-refractivity contribution in [1.29, 1.82) is 0 Å². The zero-order valence-corrected chi connectivity index (χ0v) is 15.0. The molecule has 24 heavy (non-hydrogen) atoms. The Morgan fingerprint density at radius 3 is 2.58 bits per heavy atom. The van der Waals surface area contributed by atoms with Crippen LogP contribution in [0.5, 0.6) is 0 Å². The monoisotopic (exact) mass is 365 g/mol. The van der Waals surface area contributed by atoms with Crippen LogP contribution < -0.4 is 5.32 Å². The summed E-state index contributed by atoms with van der Waals surface area (Å²) in [5.74, 6) is 0.1000. The Morgan fingerprint density at radius 1 is 1.29 bits per heavy atom. The first-order chi connectivity index (χ1) is 11.3. The van der Waals surface area contributed by atoms with Crippen LogP contribution in [0.25, 0.3) is 11.5 Å². The number of rotatable bonds is 4. The Bertz CT molecular complexity index is 792. The van der Waals surface area contributed by atoms with Crippen molar-refractivity contribution in [3.05, 3.63) is 40.4 Å². The zero-order chi connectivity index (χ0) is 17.5. The van der Waals surface area contributed by atoms with Gasteiger partial charge in [-0.1, -0.05) is 54.7 Å². The summed E-state index contributed by atoms with van der Waals surface area (Å²) in [6, 6.07) is 7.69. The first kappa shape index (κ1) is 17.0. The SMILES string of the molecule is Cc1ccc(-c2nc(NC(=O)C3C(C=C(Cl)Cl)C3(C)C)no2)cc1. The lowest BCUT2D eigenvalue weighted by Crippen LogP contribution is -2.17. The summed E-state index contributed by atoms with van der Waals surface area (Å²) in [6.45, 7) is 5.98. The average molecular weight is 366 g/mol. The van der Waals surface area contributed by atoms with E-state index in [0.29, 0.717) is 5.89 Å². The average Bonchev–Trinajstić information content (AvgIpc) is 2.84. The molecule has 1 N–H and O–H groups in total. The van der Waals surface area contributed by atoms with Crippen LogP contribution in [0.3, 0.4) is 0 Å². The molecule has 2 aromatic rings. The summed E-state index contributed by atoms with van der Waals surface area (Å²) < 4.78 is 5.38. The number of nitrogens with zero attached hydrogens (tertiary/aromatic N) is 2. The van der Waals surface area contributed by atoms with Crippen LogP contribution in [-0.4, -0.2) is 16.0 Å². The number of aromatic nitrogens is 2. The maximum atomic E-state index is 12.4. The molecule has 1 aromatic carbocycles. The quantitative estimate of drug-likeness (QED) is 0.860. The van der Waals surface area contributed by atoms with Gasteiger partial charge in [-0.15, -0.1) is 0 Å². The third-order valence-corrected chi connectivity index (χ3v) is 4.71. The van der Waals surface area contributed by atoms with Gasteiger partial charge in [-0.05, 0) is 41.6 Å².